The number of ether oxygens (including phenoxy) is 2. The number of esters is 1. The highest BCUT2D eigenvalue weighted by Gasteiger charge is 2.17. The summed E-state index contributed by atoms with van der Waals surface area (Å²) in [5, 5.41) is 20.3. The minimum atomic E-state index is -1.25. The van der Waals surface area contributed by atoms with Crippen molar-refractivity contribution in [3.05, 3.63) is 29.3 Å². The van der Waals surface area contributed by atoms with Crippen LogP contribution in [0.15, 0.2) is 18.2 Å². The maximum Gasteiger partial charge on any atom is 0.408 e. The Morgan fingerprint density at radius 3 is 2.39 bits per heavy atom. The van der Waals surface area contributed by atoms with E-state index in [9.17, 15) is 14.4 Å². The van der Waals surface area contributed by atoms with Gasteiger partial charge in [0.25, 0.3) is 0 Å². The van der Waals surface area contributed by atoms with Gasteiger partial charge in [-0.25, -0.2) is 14.4 Å². The minimum Gasteiger partial charge on any atom is -0.478 e. The molecule has 23 heavy (non-hydrogen) atoms. The zero-order valence-electron chi connectivity index (χ0n) is 13.1. The van der Waals surface area contributed by atoms with Gasteiger partial charge in [0.05, 0.1) is 12.2 Å². The van der Waals surface area contributed by atoms with Crippen LogP contribution in [-0.4, -0.2) is 40.4 Å². The van der Waals surface area contributed by atoms with E-state index in [4.69, 9.17) is 19.7 Å². The fraction of sp³-hybridized carbons (Fsp3) is 0.400. The standard InChI is InChI=1S/C15H19NO7/c1-15(2,3)23-14(21)16-7-12(18)22-10-5-4-9(8-17)11(6-10)13(19)20/h4-6,17H,7-8H2,1-3H3,(H,16,21)(H,19,20). The van der Waals surface area contributed by atoms with Gasteiger partial charge in [0, 0.05) is 0 Å². The Kier molecular flexibility index (Phi) is 6.09. The molecule has 0 aliphatic carbocycles. The molecule has 1 aromatic rings. The van der Waals surface area contributed by atoms with Gasteiger partial charge in [-0.05, 0) is 38.5 Å². The van der Waals surface area contributed by atoms with E-state index < -0.39 is 36.8 Å². The topological polar surface area (TPSA) is 122 Å². The van der Waals surface area contributed by atoms with E-state index in [-0.39, 0.29) is 16.9 Å². The van der Waals surface area contributed by atoms with Crippen molar-refractivity contribution in [2.45, 2.75) is 33.0 Å². The molecule has 8 heteroatoms. The Labute approximate surface area is 133 Å². The van der Waals surface area contributed by atoms with Crippen LogP contribution in [0.3, 0.4) is 0 Å². The van der Waals surface area contributed by atoms with Crippen LogP contribution in [0.1, 0.15) is 36.7 Å². The molecule has 0 bridgehead atoms. The van der Waals surface area contributed by atoms with Crippen molar-refractivity contribution in [3.8, 4) is 5.75 Å². The molecule has 0 aromatic heterocycles. The number of aromatic carboxylic acids is 1. The molecule has 0 spiro atoms. The quantitative estimate of drug-likeness (QED) is 0.551. The van der Waals surface area contributed by atoms with Crippen molar-refractivity contribution in [3.63, 3.8) is 0 Å². The number of carboxylic acid groups (broad SMARTS) is 1. The number of hydrogen-bond donors (Lipinski definition) is 3. The van der Waals surface area contributed by atoms with Crippen LogP contribution in [-0.2, 0) is 16.1 Å². The molecule has 0 radical (unpaired) electrons. The second-order valence-corrected chi connectivity index (χ2v) is 5.61. The van der Waals surface area contributed by atoms with Gasteiger partial charge in [-0.1, -0.05) is 6.07 Å². The summed E-state index contributed by atoms with van der Waals surface area (Å²) in [6, 6.07) is 3.82. The van der Waals surface area contributed by atoms with E-state index in [1.54, 1.807) is 20.8 Å². The number of aliphatic hydroxyl groups is 1. The molecule has 0 unspecified atom stereocenters. The molecule has 1 amide bonds. The van der Waals surface area contributed by atoms with Crippen molar-refractivity contribution in [1.82, 2.24) is 5.32 Å². The summed E-state index contributed by atoms with van der Waals surface area (Å²) in [6.45, 7) is 4.16. The lowest BCUT2D eigenvalue weighted by atomic mass is 10.1. The summed E-state index contributed by atoms with van der Waals surface area (Å²) in [7, 11) is 0. The Morgan fingerprint density at radius 1 is 1.22 bits per heavy atom. The van der Waals surface area contributed by atoms with Crippen molar-refractivity contribution in [2.75, 3.05) is 6.54 Å². The number of alkyl carbamates (subject to hydrolysis) is 1. The van der Waals surface area contributed by atoms with Gasteiger partial charge in [-0.15, -0.1) is 0 Å². The number of benzene rings is 1. The van der Waals surface area contributed by atoms with E-state index in [1.165, 1.54) is 12.1 Å². The zero-order chi connectivity index (χ0) is 17.6. The highest BCUT2D eigenvalue weighted by Crippen LogP contribution is 2.18. The number of nitrogens with one attached hydrogen (secondary N) is 1. The van der Waals surface area contributed by atoms with Crippen LogP contribution in [0, 0.1) is 0 Å². The lowest BCUT2D eigenvalue weighted by Crippen LogP contribution is -2.36. The van der Waals surface area contributed by atoms with E-state index in [2.05, 4.69) is 5.32 Å². The SMILES string of the molecule is CC(C)(C)OC(=O)NCC(=O)Oc1ccc(CO)c(C(=O)O)c1. The van der Waals surface area contributed by atoms with E-state index >= 15 is 0 Å². The monoisotopic (exact) mass is 325 g/mol. The van der Waals surface area contributed by atoms with Gasteiger partial charge in [0.15, 0.2) is 0 Å². The maximum atomic E-state index is 11.6. The molecule has 3 N–H and O–H groups in total. The number of aliphatic hydroxyl groups excluding tert-OH is 1. The molecule has 1 rings (SSSR count). The summed E-state index contributed by atoms with van der Waals surface area (Å²) in [4.78, 5) is 34.1. The maximum absolute atomic E-state index is 11.6. The zero-order valence-corrected chi connectivity index (χ0v) is 13.1. The third-order valence-electron chi connectivity index (χ3n) is 2.49. The van der Waals surface area contributed by atoms with Gasteiger partial charge < -0.3 is 25.0 Å². The van der Waals surface area contributed by atoms with Crippen LogP contribution in [0.5, 0.6) is 5.75 Å². The smallest absolute Gasteiger partial charge is 0.408 e. The first-order chi connectivity index (χ1) is 10.6. The largest absolute Gasteiger partial charge is 0.478 e. The molecule has 0 aliphatic rings. The van der Waals surface area contributed by atoms with Crippen LogP contribution >= 0.6 is 0 Å². The highest BCUT2D eigenvalue weighted by atomic mass is 16.6. The van der Waals surface area contributed by atoms with E-state index in [0.29, 0.717) is 0 Å². The predicted molar refractivity (Wildman–Crippen MR) is 79.2 cm³/mol. The number of carbonyl (C=O) groups excluding carboxylic acids is 2. The molecule has 0 fully saturated rings. The summed E-state index contributed by atoms with van der Waals surface area (Å²) in [5.41, 5.74) is -0.660. The van der Waals surface area contributed by atoms with Crippen LogP contribution in [0.4, 0.5) is 4.79 Å². The first kappa shape index (κ1) is 18.4. The number of amides is 1. The number of carboxylic acids is 1. The van der Waals surface area contributed by atoms with Crippen LogP contribution in [0.2, 0.25) is 0 Å². The summed E-state index contributed by atoms with van der Waals surface area (Å²) in [6.07, 6.45) is -0.767. The summed E-state index contributed by atoms with van der Waals surface area (Å²) in [5.74, 6) is -2.04. The lowest BCUT2D eigenvalue weighted by Gasteiger charge is -2.19. The molecule has 0 saturated carbocycles. The Hall–Kier alpha value is -2.61. The molecule has 1 aromatic carbocycles. The summed E-state index contributed by atoms with van der Waals surface area (Å²) >= 11 is 0. The third kappa shape index (κ3) is 6.35. The average Bonchev–Trinajstić information content (AvgIpc) is 2.43. The normalized spacial score (nSPS) is 10.8. The van der Waals surface area contributed by atoms with E-state index in [0.717, 1.165) is 6.07 Å². The van der Waals surface area contributed by atoms with Gasteiger partial charge in [0.2, 0.25) is 0 Å². The van der Waals surface area contributed by atoms with E-state index in [1.807, 2.05) is 0 Å². The lowest BCUT2D eigenvalue weighted by molar-refractivity contribution is -0.133. The highest BCUT2D eigenvalue weighted by molar-refractivity contribution is 5.90. The minimum absolute atomic E-state index is 0.00408. The molecule has 0 aliphatic heterocycles. The number of hydrogen-bond acceptors (Lipinski definition) is 6. The molecule has 126 valence electrons. The average molecular weight is 325 g/mol. The van der Waals surface area contributed by atoms with Crippen molar-refractivity contribution < 1.29 is 34.1 Å². The van der Waals surface area contributed by atoms with Gasteiger partial charge >= 0.3 is 18.0 Å². The summed E-state index contributed by atoms with van der Waals surface area (Å²) < 4.78 is 9.89. The molecule has 0 heterocycles. The fourth-order valence-electron chi connectivity index (χ4n) is 1.58. The van der Waals surface area contributed by atoms with Crippen molar-refractivity contribution in [1.29, 1.82) is 0 Å². The fourth-order valence-corrected chi connectivity index (χ4v) is 1.58. The van der Waals surface area contributed by atoms with Crippen molar-refractivity contribution >= 4 is 18.0 Å². The first-order valence-electron chi connectivity index (χ1n) is 6.77. The van der Waals surface area contributed by atoms with Gasteiger partial charge in [0.1, 0.15) is 17.9 Å². The van der Waals surface area contributed by atoms with Gasteiger partial charge in [-0.2, -0.15) is 0 Å². The van der Waals surface area contributed by atoms with Gasteiger partial charge in [-0.3, -0.25) is 0 Å². The Bertz CT molecular complexity index is 604. The molecular weight excluding hydrogens is 306 g/mol. The van der Waals surface area contributed by atoms with Crippen molar-refractivity contribution in [2.24, 2.45) is 0 Å². The number of carbonyl (C=O) groups is 3. The molecule has 0 saturated heterocycles. The third-order valence-corrected chi connectivity index (χ3v) is 2.49. The van der Waals surface area contributed by atoms with Crippen LogP contribution < -0.4 is 10.1 Å². The molecule has 0 atom stereocenters. The second-order valence-electron chi connectivity index (χ2n) is 5.61. The first-order valence-corrected chi connectivity index (χ1v) is 6.77. The second kappa shape index (κ2) is 7.59. The Morgan fingerprint density at radius 2 is 1.87 bits per heavy atom. The molecule has 8 nitrogen and oxygen atoms in total. The van der Waals surface area contributed by atoms with Crippen LogP contribution in [0.25, 0.3) is 0 Å². The number of rotatable bonds is 5. The predicted octanol–water partition coefficient (Wildman–Crippen LogP) is 1.31. The molecular formula is C15H19NO7. The Balaban J connectivity index is 2.63.